The molecule has 2 amide bonds. The summed E-state index contributed by atoms with van der Waals surface area (Å²) in [5.74, 6) is -0.160. The number of aliphatic hydroxyl groups excluding tert-OH is 1. The van der Waals surface area contributed by atoms with Crippen LogP contribution in [0.5, 0.6) is 0 Å². The Balaban J connectivity index is 0.00000187. The molecule has 1 saturated carbocycles. The van der Waals surface area contributed by atoms with Crippen LogP contribution in [-0.4, -0.2) is 55.1 Å². The number of hydrogen-bond donors (Lipinski definition) is 2. The molecule has 2 N–H and O–H groups in total. The van der Waals surface area contributed by atoms with E-state index in [1.807, 2.05) is 4.90 Å². The Kier molecular flexibility index (Phi) is 10.5. The molecular weight excluding hydrogens is 435 g/mol. The Morgan fingerprint density at radius 2 is 1.88 bits per heavy atom. The number of carbonyl (C=O) groups is 2. The van der Waals surface area contributed by atoms with Gasteiger partial charge in [-0.15, -0.1) is 0 Å². The smallest absolute Gasteiger partial charge is 0.400 e. The minimum absolute atomic E-state index is 0.145. The lowest BCUT2D eigenvalue weighted by molar-refractivity contribution is -0.137. The van der Waals surface area contributed by atoms with Crippen LogP contribution in [0.3, 0.4) is 0 Å². The predicted octanol–water partition coefficient (Wildman–Crippen LogP) is 4.67. The maximum atomic E-state index is 13.7. The van der Waals surface area contributed by atoms with Crippen LogP contribution >= 0.6 is 0 Å². The first kappa shape index (κ1) is 27.0. The second-order valence-corrected chi connectivity index (χ2v) is 8.79. The third-order valence-corrected chi connectivity index (χ3v) is 6.46. The molecule has 1 atom stereocenters. The van der Waals surface area contributed by atoms with E-state index in [0.717, 1.165) is 64.5 Å². The first-order valence-corrected chi connectivity index (χ1v) is 11.7. The molecule has 9 heteroatoms. The number of piperidine rings is 1. The van der Waals surface area contributed by atoms with Crippen LogP contribution in [0.2, 0.25) is 0 Å². The SMILES string of the molecule is CC(=O)Nc1ccc(N2CCCC(CCN(C=O)C3CCCCC3)C2)c(C(F)(F)F)c1.CO. The summed E-state index contributed by atoms with van der Waals surface area (Å²) >= 11 is 0. The van der Waals surface area contributed by atoms with E-state index < -0.39 is 17.6 Å². The summed E-state index contributed by atoms with van der Waals surface area (Å²) in [5, 5.41) is 9.43. The fourth-order valence-electron chi connectivity index (χ4n) is 4.91. The van der Waals surface area contributed by atoms with Gasteiger partial charge in [0.05, 0.1) is 5.56 Å². The number of nitrogens with zero attached hydrogens (tertiary/aromatic N) is 2. The van der Waals surface area contributed by atoms with Crippen molar-refractivity contribution in [1.29, 1.82) is 0 Å². The van der Waals surface area contributed by atoms with E-state index in [0.29, 0.717) is 25.7 Å². The average molecular weight is 472 g/mol. The van der Waals surface area contributed by atoms with Gasteiger partial charge in [0.1, 0.15) is 0 Å². The van der Waals surface area contributed by atoms with Gasteiger partial charge in [0.25, 0.3) is 0 Å². The van der Waals surface area contributed by atoms with Crippen molar-refractivity contribution in [3.05, 3.63) is 23.8 Å². The number of aliphatic hydroxyl groups is 1. The number of hydrogen-bond acceptors (Lipinski definition) is 4. The Labute approximate surface area is 194 Å². The molecule has 1 unspecified atom stereocenters. The maximum Gasteiger partial charge on any atom is 0.418 e. The van der Waals surface area contributed by atoms with Crippen LogP contribution in [0.1, 0.15) is 63.9 Å². The lowest BCUT2D eigenvalue weighted by atomic mass is 9.91. The van der Waals surface area contributed by atoms with Crippen molar-refractivity contribution in [2.24, 2.45) is 5.92 Å². The molecular formula is C24H36F3N3O3. The van der Waals surface area contributed by atoms with Crippen LogP contribution in [0, 0.1) is 5.92 Å². The fourth-order valence-corrected chi connectivity index (χ4v) is 4.91. The van der Waals surface area contributed by atoms with Crippen LogP contribution in [0.4, 0.5) is 24.5 Å². The van der Waals surface area contributed by atoms with Crippen molar-refractivity contribution in [3.63, 3.8) is 0 Å². The van der Waals surface area contributed by atoms with Gasteiger partial charge in [0.15, 0.2) is 0 Å². The minimum atomic E-state index is -4.51. The summed E-state index contributed by atoms with van der Waals surface area (Å²) in [6, 6.07) is 4.30. The van der Waals surface area contributed by atoms with Gasteiger partial charge in [0, 0.05) is 51.1 Å². The summed E-state index contributed by atoms with van der Waals surface area (Å²) in [4.78, 5) is 26.5. The first-order valence-electron chi connectivity index (χ1n) is 11.7. The van der Waals surface area contributed by atoms with Crippen LogP contribution in [0.15, 0.2) is 18.2 Å². The normalized spacial score (nSPS) is 19.3. The zero-order valence-corrected chi connectivity index (χ0v) is 19.5. The van der Waals surface area contributed by atoms with E-state index in [1.165, 1.54) is 25.5 Å². The Morgan fingerprint density at radius 1 is 1.18 bits per heavy atom. The van der Waals surface area contributed by atoms with Gasteiger partial charge in [-0.3, -0.25) is 9.59 Å². The zero-order chi connectivity index (χ0) is 24.4. The van der Waals surface area contributed by atoms with Crippen molar-refractivity contribution in [2.45, 2.75) is 70.5 Å². The van der Waals surface area contributed by atoms with Crippen molar-refractivity contribution in [2.75, 3.05) is 37.0 Å². The molecule has 186 valence electrons. The average Bonchev–Trinajstić information content (AvgIpc) is 2.81. The Bertz CT molecular complexity index is 767. The molecule has 1 saturated heterocycles. The van der Waals surface area contributed by atoms with Gasteiger partial charge in [-0.1, -0.05) is 19.3 Å². The molecule has 1 aromatic rings. The molecule has 1 aromatic carbocycles. The summed E-state index contributed by atoms with van der Waals surface area (Å²) in [6.07, 6.45) is 4.64. The molecule has 2 fully saturated rings. The number of carbonyl (C=O) groups excluding carboxylic acids is 2. The van der Waals surface area contributed by atoms with Gasteiger partial charge in [0.2, 0.25) is 12.3 Å². The summed E-state index contributed by atoms with van der Waals surface area (Å²) in [5.41, 5.74) is -0.423. The highest BCUT2D eigenvalue weighted by Gasteiger charge is 2.36. The molecule has 0 radical (unpaired) electrons. The number of alkyl halides is 3. The largest absolute Gasteiger partial charge is 0.418 e. The van der Waals surface area contributed by atoms with Gasteiger partial charge in [-0.05, 0) is 56.2 Å². The van der Waals surface area contributed by atoms with E-state index in [2.05, 4.69) is 5.32 Å². The van der Waals surface area contributed by atoms with Crippen molar-refractivity contribution in [1.82, 2.24) is 4.90 Å². The second kappa shape index (κ2) is 12.8. The van der Waals surface area contributed by atoms with Crippen molar-refractivity contribution in [3.8, 4) is 0 Å². The number of rotatable bonds is 7. The third kappa shape index (κ3) is 7.91. The van der Waals surface area contributed by atoms with E-state index in [4.69, 9.17) is 5.11 Å². The minimum Gasteiger partial charge on any atom is -0.400 e. The van der Waals surface area contributed by atoms with E-state index >= 15 is 0 Å². The van der Waals surface area contributed by atoms with Crippen LogP contribution in [0.25, 0.3) is 0 Å². The summed E-state index contributed by atoms with van der Waals surface area (Å²) in [7, 11) is 1.00. The number of amides is 2. The van der Waals surface area contributed by atoms with E-state index in [1.54, 1.807) is 4.90 Å². The van der Waals surface area contributed by atoms with Gasteiger partial charge < -0.3 is 20.2 Å². The summed E-state index contributed by atoms with van der Waals surface area (Å²) < 4.78 is 41.2. The number of halogens is 3. The van der Waals surface area contributed by atoms with Gasteiger partial charge in [-0.25, -0.2) is 0 Å². The fraction of sp³-hybridized carbons (Fsp3) is 0.667. The highest BCUT2D eigenvalue weighted by molar-refractivity contribution is 5.89. The van der Waals surface area contributed by atoms with E-state index in [-0.39, 0.29) is 17.3 Å². The highest BCUT2D eigenvalue weighted by Crippen LogP contribution is 2.40. The molecule has 0 aromatic heterocycles. The number of anilines is 2. The third-order valence-electron chi connectivity index (χ3n) is 6.46. The van der Waals surface area contributed by atoms with Crippen molar-refractivity contribution < 1.29 is 27.9 Å². The lowest BCUT2D eigenvalue weighted by Crippen LogP contribution is -2.40. The second-order valence-electron chi connectivity index (χ2n) is 8.79. The van der Waals surface area contributed by atoms with Crippen LogP contribution < -0.4 is 10.2 Å². The molecule has 3 rings (SSSR count). The van der Waals surface area contributed by atoms with Crippen LogP contribution in [-0.2, 0) is 15.8 Å². The Morgan fingerprint density at radius 3 is 2.48 bits per heavy atom. The number of nitrogens with one attached hydrogen (secondary N) is 1. The molecule has 1 aliphatic heterocycles. The molecule has 1 aliphatic carbocycles. The quantitative estimate of drug-likeness (QED) is 0.567. The maximum absolute atomic E-state index is 13.7. The molecule has 0 spiro atoms. The van der Waals surface area contributed by atoms with Gasteiger partial charge >= 0.3 is 6.18 Å². The van der Waals surface area contributed by atoms with Gasteiger partial charge in [-0.2, -0.15) is 13.2 Å². The number of benzene rings is 1. The monoisotopic (exact) mass is 471 g/mol. The first-order chi connectivity index (χ1) is 15.8. The molecule has 1 heterocycles. The predicted molar refractivity (Wildman–Crippen MR) is 123 cm³/mol. The molecule has 2 aliphatic rings. The molecule has 6 nitrogen and oxygen atoms in total. The standard InChI is InChI=1S/C23H32F3N3O2.CH4O/c1-17(31)27-19-9-10-22(21(14-19)23(24,25)26)28-12-5-6-18(15-28)11-13-29(16-30)20-7-3-2-4-8-20;1-2/h9-10,14,16,18,20H,2-8,11-13,15H2,1H3,(H,27,31);2H,1H3. The molecule has 33 heavy (non-hydrogen) atoms. The lowest BCUT2D eigenvalue weighted by Gasteiger charge is -2.37. The van der Waals surface area contributed by atoms with E-state index in [9.17, 15) is 22.8 Å². The van der Waals surface area contributed by atoms with Crippen molar-refractivity contribution >= 4 is 23.7 Å². The zero-order valence-electron chi connectivity index (χ0n) is 19.5. The topological polar surface area (TPSA) is 72.9 Å². The summed E-state index contributed by atoms with van der Waals surface area (Å²) in [6.45, 7) is 3.05. The highest BCUT2D eigenvalue weighted by atomic mass is 19.4. The Hall–Kier alpha value is -2.29. The molecule has 0 bridgehead atoms.